The van der Waals surface area contributed by atoms with Crippen LogP contribution in [-0.4, -0.2) is 30.1 Å². The molecule has 5 nitrogen and oxygen atoms in total. The standard InChI is InChI=1S/C29H27NO4/c1-2-3-16-34-19-14-12-18(13-15-19)30-27(32)25-24-20-8-4-6-10-22(20)29(17-31,26(25)28(30)33)23-11-7-5-9-21(23)24/h4-15,24-26,31H,2-3,16-17H2,1H3. The van der Waals surface area contributed by atoms with Gasteiger partial charge in [0.1, 0.15) is 5.75 Å². The average Bonchev–Trinajstić information content (AvgIpc) is 3.15. The van der Waals surface area contributed by atoms with Gasteiger partial charge in [0.05, 0.1) is 36.2 Å². The molecule has 3 aromatic carbocycles. The van der Waals surface area contributed by atoms with Gasteiger partial charge in [-0.25, -0.2) is 4.90 Å². The van der Waals surface area contributed by atoms with Crippen molar-refractivity contribution in [2.24, 2.45) is 11.8 Å². The minimum absolute atomic E-state index is 0.193. The molecule has 0 radical (unpaired) electrons. The number of amides is 2. The molecule has 2 amide bonds. The van der Waals surface area contributed by atoms with E-state index in [0.717, 1.165) is 40.8 Å². The van der Waals surface area contributed by atoms with Gasteiger partial charge >= 0.3 is 0 Å². The zero-order valence-electron chi connectivity index (χ0n) is 19.1. The van der Waals surface area contributed by atoms with Gasteiger partial charge in [0.15, 0.2) is 0 Å². The summed E-state index contributed by atoms with van der Waals surface area (Å²) in [6.07, 6.45) is 2.02. The summed E-state index contributed by atoms with van der Waals surface area (Å²) in [7, 11) is 0. The fourth-order valence-electron chi connectivity index (χ4n) is 6.48. The molecular weight excluding hydrogens is 426 g/mol. The fourth-order valence-corrected chi connectivity index (χ4v) is 6.48. The smallest absolute Gasteiger partial charge is 0.239 e. The van der Waals surface area contributed by atoms with Crippen LogP contribution in [0.2, 0.25) is 0 Å². The molecule has 2 unspecified atom stereocenters. The van der Waals surface area contributed by atoms with Crippen LogP contribution in [0.3, 0.4) is 0 Å². The largest absolute Gasteiger partial charge is 0.494 e. The van der Waals surface area contributed by atoms with E-state index in [2.05, 4.69) is 6.92 Å². The first kappa shape index (κ1) is 21.1. The van der Waals surface area contributed by atoms with Gasteiger partial charge in [-0.05, 0) is 52.9 Å². The Morgan fingerprint density at radius 1 is 0.882 bits per heavy atom. The van der Waals surface area contributed by atoms with Crippen molar-refractivity contribution in [2.45, 2.75) is 31.1 Å². The van der Waals surface area contributed by atoms with Gasteiger partial charge in [0.25, 0.3) is 0 Å². The first-order valence-corrected chi connectivity index (χ1v) is 12.0. The lowest BCUT2D eigenvalue weighted by atomic mass is 9.47. The summed E-state index contributed by atoms with van der Waals surface area (Å²) in [5, 5.41) is 10.9. The molecule has 0 spiro atoms. The molecule has 0 aromatic heterocycles. The molecule has 172 valence electrons. The number of hydrogen-bond acceptors (Lipinski definition) is 4. The normalized spacial score (nSPS) is 26.3. The van der Waals surface area contributed by atoms with Crippen molar-refractivity contribution < 1.29 is 19.4 Å². The molecule has 2 bridgehead atoms. The Balaban J connectivity index is 1.46. The van der Waals surface area contributed by atoms with Gasteiger partial charge in [0.2, 0.25) is 11.8 Å². The maximum Gasteiger partial charge on any atom is 0.239 e. The molecule has 1 heterocycles. The van der Waals surface area contributed by atoms with E-state index in [9.17, 15) is 14.7 Å². The van der Waals surface area contributed by atoms with Gasteiger partial charge in [0, 0.05) is 5.92 Å². The van der Waals surface area contributed by atoms with Crippen molar-refractivity contribution in [3.63, 3.8) is 0 Å². The lowest BCUT2D eigenvalue weighted by Gasteiger charge is -2.53. The molecule has 3 aliphatic carbocycles. The minimum atomic E-state index is -0.933. The Labute approximate surface area is 199 Å². The lowest BCUT2D eigenvalue weighted by Crippen LogP contribution is -2.55. The summed E-state index contributed by atoms with van der Waals surface area (Å²) >= 11 is 0. The molecule has 0 saturated carbocycles. The second kappa shape index (κ2) is 7.81. The Kier molecular flexibility index (Phi) is 4.85. The monoisotopic (exact) mass is 453 g/mol. The van der Waals surface area contributed by atoms with E-state index in [1.807, 2.05) is 60.7 Å². The van der Waals surface area contributed by atoms with E-state index in [1.54, 1.807) is 12.1 Å². The number of unbranched alkanes of at least 4 members (excludes halogenated alkanes) is 1. The lowest BCUT2D eigenvalue weighted by molar-refractivity contribution is -0.124. The molecule has 5 heteroatoms. The van der Waals surface area contributed by atoms with Crippen molar-refractivity contribution in [2.75, 3.05) is 18.1 Å². The van der Waals surface area contributed by atoms with Gasteiger partial charge in [-0.15, -0.1) is 0 Å². The van der Waals surface area contributed by atoms with Crippen LogP contribution in [0.5, 0.6) is 5.75 Å². The van der Waals surface area contributed by atoms with E-state index >= 15 is 0 Å². The number of benzene rings is 3. The number of ether oxygens (including phenoxy) is 1. The number of hydrogen-bond donors (Lipinski definition) is 1. The highest BCUT2D eigenvalue weighted by Crippen LogP contribution is 2.64. The van der Waals surface area contributed by atoms with E-state index in [0.29, 0.717) is 12.3 Å². The van der Waals surface area contributed by atoms with Crippen molar-refractivity contribution >= 4 is 17.5 Å². The first-order chi connectivity index (χ1) is 16.6. The maximum absolute atomic E-state index is 14.0. The molecule has 4 aliphatic rings. The SMILES string of the molecule is CCCCOc1ccc(N2C(=O)C3C4c5ccccc5C(CO)(c5ccccc54)C3C2=O)cc1. The van der Waals surface area contributed by atoms with Crippen LogP contribution < -0.4 is 9.64 Å². The molecule has 1 aliphatic heterocycles. The number of nitrogens with zero attached hydrogens (tertiary/aromatic N) is 1. The number of carbonyl (C=O) groups excluding carboxylic acids is 2. The summed E-state index contributed by atoms with van der Waals surface area (Å²) in [6.45, 7) is 2.52. The molecule has 1 saturated heterocycles. The summed E-state index contributed by atoms with van der Waals surface area (Å²) in [6, 6.07) is 23.1. The average molecular weight is 454 g/mol. The van der Waals surface area contributed by atoms with Gasteiger partial charge in [-0.2, -0.15) is 0 Å². The first-order valence-electron chi connectivity index (χ1n) is 12.0. The Bertz CT molecular complexity index is 1230. The summed E-state index contributed by atoms with van der Waals surface area (Å²) in [5.74, 6) is -1.09. The second-order valence-electron chi connectivity index (χ2n) is 9.49. The number of rotatable bonds is 6. The molecular formula is C29H27NO4. The van der Waals surface area contributed by atoms with Gasteiger partial charge in [-0.1, -0.05) is 61.9 Å². The Morgan fingerprint density at radius 3 is 2.09 bits per heavy atom. The molecule has 7 rings (SSSR count). The highest BCUT2D eigenvalue weighted by molar-refractivity contribution is 6.23. The van der Waals surface area contributed by atoms with Crippen LogP contribution in [0.15, 0.2) is 72.8 Å². The zero-order valence-corrected chi connectivity index (χ0v) is 19.1. The van der Waals surface area contributed by atoms with Crippen molar-refractivity contribution in [3.05, 3.63) is 95.1 Å². The minimum Gasteiger partial charge on any atom is -0.494 e. The van der Waals surface area contributed by atoms with E-state index in [1.165, 1.54) is 4.90 Å². The number of anilines is 1. The van der Waals surface area contributed by atoms with Crippen molar-refractivity contribution in [1.29, 1.82) is 0 Å². The predicted molar refractivity (Wildman–Crippen MR) is 129 cm³/mol. The predicted octanol–water partition coefficient (Wildman–Crippen LogP) is 4.41. The fraction of sp³-hybridized carbons (Fsp3) is 0.310. The van der Waals surface area contributed by atoms with Gasteiger partial charge < -0.3 is 9.84 Å². The third-order valence-electron chi connectivity index (χ3n) is 7.91. The molecule has 3 aromatic rings. The number of aliphatic hydroxyl groups excluding tert-OH is 1. The highest BCUT2D eigenvalue weighted by Gasteiger charge is 2.68. The summed E-state index contributed by atoms with van der Waals surface area (Å²) in [5.41, 5.74) is 3.62. The molecule has 1 N–H and O–H groups in total. The number of aliphatic hydroxyl groups is 1. The summed E-state index contributed by atoms with van der Waals surface area (Å²) in [4.78, 5) is 29.2. The summed E-state index contributed by atoms with van der Waals surface area (Å²) < 4.78 is 5.75. The van der Waals surface area contributed by atoms with E-state index in [-0.39, 0.29) is 24.3 Å². The van der Waals surface area contributed by atoms with Gasteiger partial charge in [-0.3, -0.25) is 9.59 Å². The van der Waals surface area contributed by atoms with Crippen molar-refractivity contribution in [3.8, 4) is 5.75 Å². The van der Waals surface area contributed by atoms with Crippen LogP contribution in [0.25, 0.3) is 0 Å². The molecule has 2 atom stereocenters. The molecule has 1 fully saturated rings. The Morgan fingerprint density at radius 2 is 1.50 bits per heavy atom. The van der Waals surface area contributed by atoms with Crippen LogP contribution in [0.1, 0.15) is 47.9 Å². The van der Waals surface area contributed by atoms with E-state index in [4.69, 9.17) is 4.74 Å². The number of carbonyl (C=O) groups is 2. The van der Waals surface area contributed by atoms with Crippen molar-refractivity contribution in [1.82, 2.24) is 0 Å². The zero-order chi connectivity index (χ0) is 23.4. The second-order valence-corrected chi connectivity index (χ2v) is 9.49. The van der Waals surface area contributed by atoms with Crippen LogP contribution in [-0.2, 0) is 15.0 Å². The maximum atomic E-state index is 14.0. The molecule has 34 heavy (non-hydrogen) atoms. The van der Waals surface area contributed by atoms with E-state index < -0.39 is 17.3 Å². The third-order valence-corrected chi connectivity index (χ3v) is 7.91. The third kappa shape index (κ3) is 2.65. The number of imide groups is 1. The highest BCUT2D eigenvalue weighted by atomic mass is 16.5. The van der Waals surface area contributed by atoms with Crippen LogP contribution in [0.4, 0.5) is 5.69 Å². The Hall–Kier alpha value is -3.44. The van der Waals surface area contributed by atoms with Crippen LogP contribution in [0, 0.1) is 11.8 Å². The van der Waals surface area contributed by atoms with Crippen LogP contribution >= 0.6 is 0 Å². The topological polar surface area (TPSA) is 66.8 Å². The quantitative estimate of drug-likeness (QED) is 0.444.